The number of nitrogens with one attached hydrogen (secondary N) is 1. The standard InChI is InChI=1S/C15H14ClN5O/c1-18-13-12(9-2-3-9)10(8-17)14(16)20-15(13)21-6-4-11(22)19-5-7-21/h9H,2-7H2,(H,19,22). The number of nitriles is 1. The largest absolute Gasteiger partial charge is 0.363 e. The highest BCUT2D eigenvalue weighted by Gasteiger charge is 2.33. The second kappa shape index (κ2) is 5.82. The fourth-order valence-electron chi connectivity index (χ4n) is 2.74. The Bertz CT molecular complexity index is 714. The van der Waals surface area contributed by atoms with Crippen LogP contribution in [0.1, 0.15) is 36.3 Å². The first kappa shape index (κ1) is 14.6. The maximum atomic E-state index is 11.5. The number of hydrogen-bond donors (Lipinski definition) is 1. The molecule has 2 fully saturated rings. The van der Waals surface area contributed by atoms with Crippen LogP contribution in [-0.4, -0.2) is 30.5 Å². The number of nitrogens with zero attached hydrogens (tertiary/aromatic N) is 4. The van der Waals surface area contributed by atoms with Crippen LogP contribution in [0.2, 0.25) is 5.15 Å². The molecule has 2 aliphatic rings. The van der Waals surface area contributed by atoms with Gasteiger partial charge in [0.15, 0.2) is 0 Å². The molecule has 0 unspecified atom stereocenters. The molecular formula is C15H14ClN5O. The normalized spacial score (nSPS) is 18.1. The molecule has 7 heteroatoms. The molecule has 1 saturated heterocycles. The maximum Gasteiger partial charge on any atom is 0.233 e. The molecule has 0 radical (unpaired) electrons. The number of carbonyl (C=O) groups excluding carboxylic acids is 1. The highest BCUT2D eigenvalue weighted by molar-refractivity contribution is 6.31. The molecule has 1 aromatic heterocycles. The third-order valence-corrected chi connectivity index (χ3v) is 4.24. The Hall–Kier alpha value is -2.31. The number of pyridine rings is 1. The Morgan fingerprint density at radius 3 is 2.86 bits per heavy atom. The Kier molecular flexibility index (Phi) is 3.87. The van der Waals surface area contributed by atoms with Gasteiger partial charge in [-0.1, -0.05) is 11.6 Å². The zero-order valence-corrected chi connectivity index (χ0v) is 12.7. The van der Waals surface area contributed by atoms with Crippen LogP contribution in [-0.2, 0) is 4.79 Å². The predicted octanol–water partition coefficient (Wildman–Crippen LogP) is 2.36. The van der Waals surface area contributed by atoms with Crippen molar-refractivity contribution in [3.05, 3.63) is 27.7 Å². The molecule has 1 aliphatic heterocycles. The molecule has 0 aromatic carbocycles. The van der Waals surface area contributed by atoms with Crippen molar-refractivity contribution < 1.29 is 4.79 Å². The van der Waals surface area contributed by atoms with E-state index in [1.54, 1.807) is 0 Å². The van der Waals surface area contributed by atoms with Crippen molar-refractivity contribution in [2.24, 2.45) is 0 Å². The molecular weight excluding hydrogens is 302 g/mol. The first-order valence-electron chi connectivity index (χ1n) is 7.18. The number of halogens is 1. The first-order chi connectivity index (χ1) is 10.7. The summed E-state index contributed by atoms with van der Waals surface area (Å²) in [5, 5.41) is 12.3. The Labute approximate surface area is 133 Å². The minimum absolute atomic E-state index is 0.00554. The van der Waals surface area contributed by atoms with Gasteiger partial charge in [0.1, 0.15) is 17.0 Å². The molecule has 1 aliphatic carbocycles. The molecule has 0 spiro atoms. The SMILES string of the molecule is [C-]#[N+]c1c(N2CCNC(=O)CC2)nc(Cl)c(C#N)c1C1CC1. The summed E-state index contributed by atoms with van der Waals surface area (Å²) in [5.74, 6) is 0.719. The van der Waals surface area contributed by atoms with E-state index in [1.807, 2.05) is 4.90 Å². The molecule has 1 amide bonds. The fraction of sp³-hybridized carbons (Fsp3) is 0.467. The highest BCUT2D eigenvalue weighted by Crippen LogP contribution is 2.50. The Morgan fingerprint density at radius 2 is 2.23 bits per heavy atom. The molecule has 1 N–H and O–H groups in total. The van der Waals surface area contributed by atoms with Gasteiger partial charge in [0, 0.05) is 26.1 Å². The van der Waals surface area contributed by atoms with Gasteiger partial charge in [-0.25, -0.2) is 9.83 Å². The summed E-state index contributed by atoms with van der Waals surface area (Å²) in [7, 11) is 0. The Balaban J connectivity index is 2.10. The van der Waals surface area contributed by atoms with E-state index in [1.165, 1.54) is 0 Å². The van der Waals surface area contributed by atoms with Crippen LogP contribution in [0.25, 0.3) is 4.85 Å². The summed E-state index contributed by atoms with van der Waals surface area (Å²) in [5.41, 5.74) is 1.47. The van der Waals surface area contributed by atoms with Crippen LogP contribution in [0.15, 0.2) is 0 Å². The lowest BCUT2D eigenvalue weighted by molar-refractivity contribution is -0.120. The lowest BCUT2D eigenvalue weighted by Gasteiger charge is -2.24. The summed E-state index contributed by atoms with van der Waals surface area (Å²) < 4.78 is 0. The number of amides is 1. The number of aromatic nitrogens is 1. The summed E-state index contributed by atoms with van der Waals surface area (Å²) in [6.07, 6.45) is 2.30. The van der Waals surface area contributed by atoms with Gasteiger partial charge >= 0.3 is 0 Å². The number of hydrogen-bond acceptors (Lipinski definition) is 4. The molecule has 0 atom stereocenters. The van der Waals surface area contributed by atoms with Crippen molar-refractivity contribution in [2.45, 2.75) is 25.2 Å². The summed E-state index contributed by atoms with van der Waals surface area (Å²) in [6, 6.07) is 2.09. The van der Waals surface area contributed by atoms with Crippen molar-refractivity contribution in [1.82, 2.24) is 10.3 Å². The predicted molar refractivity (Wildman–Crippen MR) is 82.0 cm³/mol. The van der Waals surface area contributed by atoms with Crippen LogP contribution in [0.5, 0.6) is 0 Å². The van der Waals surface area contributed by atoms with Crippen LogP contribution in [0.3, 0.4) is 0 Å². The summed E-state index contributed by atoms with van der Waals surface area (Å²) in [6.45, 7) is 9.10. The minimum atomic E-state index is -0.00554. The number of anilines is 1. The summed E-state index contributed by atoms with van der Waals surface area (Å²) >= 11 is 6.18. The first-order valence-corrected chi connectivity index (χ1v) is 7.56. The van der Waals surface area contributed by atoms with E-state index >= 15 is 0 Å². The van der Waals surface area contributed by atoms with Crippen molar-refractivity contribution in [3.8, 4) is 6.07 Å². The third-order valence-electron chi connectivity index (χ3n) is 3.97. The van der Waals surface area contributed by atoms with Gasteiger partial charge in [-0.05, 0) is 24.3 Å². The summed E-state index contributed by atoms with van der Waals surface area (Å²) in [4.78, 5) is 21.3. The number of rotatable bonds is 2. The third kappa shape index (κ3) is 2.58. The van der Waals surface area contributed by atoms with Crippen molar-refractivity contribution >= 4 is 29.0 Å². The van der Waals surface area contributed by atoms with Gasteiger partial charge in [0.05, 0.1) is 12.1 Å². The van der Waals surface area contributed by atoms with Crippen molar-refractivity contribution in [1.29, 1.82) is 5.26 Å². The lowest BCUT2D eigenvalue weighted by Crippen LogP contribution is -2.29. The quantitative estimate of drug-likeness (QED) is 0.671. The molecule has 1 aromatic rings. The van der Waals surface area contributed by atoms with E-state index in [0.29, 0.717) is 43.1 Å². The fourth-order valence-corrected chi connectivity index (χ4v) is 2.96. The zero-order valence-electron chi connectivity index (χ0n) is 11.9. The second-order valence-corrected chi connectivity index (χ2v) is 5.81. The molecule has 22 heavy (non-hydrogen) atoms. The van der Waals surface area contributed by atoms with Gasteiger partial charge in [-0.3, -0.25) is 4.79 Å². The van der Waals surface area contributed by atoms with Crippen LogP contribution < -0.4 is 10.2 Å². The molecule has 3 rings (SSSR count). The Morgan fingerprint density at radius 1 is 1.45 bits per heavy atom. The average molecular weight is 316 g/mol. The number of carbonyl (C=O) groups is 1. The smallest absolute Gasteiger partial charge is 0.233 e. The van der Waals surface area contributed by atoms with E-state index in [-0.39, 0.29) is 17.0 Å². The molecule has 0 bridgehead atoms. The second-order valence-electron chi connectivity index (χ2n) is 5.45. The average Bonchev–Trinajstić information content (AvgIpc) is 3.34. The van der Waals surface area contributed by atoms with Gasteiger partial charge in [0.2, 0.25) is 11.6 Å². The lowest BCUT2D eigenvalue weighted by atomic mass is 10.0. The van der Waals surface area contributed by atoms with E-state index in [9.17, 15) is 10.1 Å². The van der Waals surface area contributed by atoms with E-state index in [4.69, 9.17) is 18.2 Å². The van der Waals surface area contributed by atoms with Gasteiger partial charge in [0.25, 0.3) is 0 Å². The van der Waals surface area contributed by atoms with Gasteiger partial charge < -0.3 is 10.2 Å². The zero-order chi connectivity index (χ0) is 15.7. The molecule has 1 saturated carbocycles. The monoisotopic (exact) mass is 315 g/mol. The molecule has 2 heterocycles. The van der Waals surface area contributed by atoms with Crippen molar-refractivity contribution in [2.75, 3.05) is 24.5 Å². The minimum Gasteiger partial charge on any atom is -0.363 e. The van der Waals surface area contributed by atoms with Crippen LogP contribution >= 0.6 is 11.6 Å². The van der Waals surface area contributed by atoms with E-state index < -0.39 is 0 Å². The van der Waals surface area contributed by atoms with Crippen LogP contribution in [0, 0.1) is 17.9 Å². The van der Waals surface area contributed by atoms with Gasteiger partial charge in [-0.15, -0.1) is 0 Å². The van der Waals surface area contributed by atoms with Crippen molar-refractivity contribution in [3.63, 3.8) is 0 Å². The molecule has 112 valence electrons. The van der Waals surface area contributed by atoms with E-state index in [2.05, 4.69) is 21.2 Å². The molecule has 6 nitrogen and oxygen atoms in total. The maximum absolute atomic E-state index is 11.5. The van der Waals surface area contributed by atoms with E-state index in [0.717, 1.165) is 18.4 Å². The topological polar surface area (TPSA) is 73.4 Å². The van der Waals surface area contributed by atoms with Crippen LogP contribution in [0.4, 0.5) is 11.5 Å². The highest BCUT2D eigenvalue weighted by atomic mass is 35.5. The van der Waals surface area contributed by atoms with Gasteiger partial charge in [-0.2, -0.15) is 5.26 Å².